The zero-order chi connectivity index (χ0) is 21.3. The molecule has 0 saturated carbocycles. The first-order chi connectivity index (χ1) is 14.4. The van der Waals surface area contributed by atoms with Gasteiger partial charge in [0.05, 0.1) is 6.04 Å². The summed E-state index contributed by atoms with van der Waals surface area (Å²) in [5.74, 6) is -1.16. The van der Waals surface area contributed by atoms with Gasteiger partial charge in [-0.2, -0.15) is 10.2 Å². The number of nitrogens with one attached hydrogen (secondary N) is 1. The maximum Gasteiger partial charge on any atom is 0.288 e. The number of carbonyl (C=O) groups excluding carboxylic acids is 1. The van der Waals surface area contributed by atoms with E-state index in [1.807, 2.05) is 25.1 Å². The molecule has 2 aromatic carbocycles. The molecule has 30 heavy (non-hydrogen) atoms. The topological polar surface area (TPSA) is 52.9 Å². The zero-order valence-corrected chi connectivity index (χ0v) is 16.6. The van der Waals surface area contributed by atoms with Crippen molar-refractivity contribution >= 4 is 23.0 Å². The average molecular weight is 409 g/mol. The summed E-state index contributed by atoms with van der Waals surface area (Å²) >= 11 is 0. The fourth-order valence-electron chi connectivity index (χ4n) is 3.35. The lowest BCUT2D eigenvalue weighted by Gasteiger charge is -2.24. The van der Waals surface area contributed by atoms with Crippen molar-refractivity contribution in [3.8, 4) is 0 Å². The quantitative estimate of drug-likeness (QED) is 0.703. The Labute approximate surface area is 172 Å². The molecule has 1 aromatic heterocycles. The molecule has 154 valence electrons. The minimum atomic E-state index is -0.409. The molecule has 0 spiro atoms. The van der Waals surface area contributed by atoms with Crippen LogP contribution in [-0.2, 0) is 6.54 Å². The number of hydrazone groups is 1. The van der Waals surface area contributed by atoms with Crippen LogP contribution in [0.1, 0.15) is 16.1 Å². The number of aromatic nitrogens is 1. The van der Waals surface area contributed by atoms with Gasteiger partial charge in [0.25, 0.3) is 5.91 Å². The van der Waals surface area contributed by atoms with Gasteiger partial charge in [0.2, 0.25) is 0 Å². The largest absolute Gasteiger partial charge is 0.332 e. The molecule has 8 heteroatoms. The summed E-state index contributed by atoms with van der Waals surface area (Å²) < 4.78 is 29.1. The van der Waals surface area contributed by atoms with Crippen LogP contribution in [0.4, 0.5) is 8.78 Å². The van der Waals surface area contributed by atoms with Gasteiger partial charge < -0.3 is 4.57 Å². The molecule has 1 unspecified atom stereocenters. The molecule has 0 bridgehead atoms. The number of hydrazine groups is 1. The second kappa shape index (κ2) is 8.08. The first kappa shape index (κ1) is 19.8. The van der Waals surface area contributed by atoms with Gasteiger partial charge in [-0.1, -0.05) is 12.1 Å². The van der Waals surface area contributed by atoms with E-state index < -0.39 is 11.7 Å². The highest BCUT2D eigenvalue weighted by molar-refractivity contribution is 5.98. The number of benzene rings is 2. The first-order valence-electron chi connectivity index (χ1n) is 9.43. The second-order valence-corrected chi connectivity index (χ2v) is 7.29. The molecule has 0 radical (unpaired) electrons. The van der Waals surface area contributed by atoms with E-state index in [0.717, 1.165) is 0 Å². The van der Waals surface area contributed by atoms with Gasteiger partial charge in [-0.05, 0) is 62.1 Å². The third kappa shape index (κ3) is 4.08. The SMILES string of the molecule is CN(C)C1C=CN(NC(=O)c2cc3cc(F)ccc3n2Cc2cccc(F)c2)N=C1. The molecule has 1 aliphatic heterocycles. The molecule has 1 aliphatic rings. The minimum absolute atomic E-state index is 0.0422. The molecule has 4 rings (SSSR count). The summed E-state index contributed by atoms with van der Waals surface area (Å²) in [4.78, 5) is 15.0. The van der Waals surface area contributed by atoms with Crippen molar-refractivity contribution in [3.63, 3.8) is 0 Å². The normalized spacial score (nSPS) is 15.9. The van der Waals surface area contributed by atoms with E-state index in [2.05, 4.69) is 10.5 Å². The second-order valence-electron chi connectivity index (χ2n) is 7.29. The van der Waals surface area contributed by atoms with E-state index in [4.69, 9.17) is 0 Å². The molecular weight excluding hydrogens is 388 g/mol. The molecular formula is C22H21F2N5O. The van der Waals surface area contributed by atoms with E-state index in [9.17, 15) is 13.6 Å². The number of halogens is 2. The molecule has 3 aromatic rings. The fourth-order valence-corrected chi connectivity index (χ4v) is 3.35. The van der Waals surface area contributed by atoms with Crippen LogP contribution in [0, 0.1) is 11.6 Å². The third-order valence-corrected chi connectivity index (χ3v) is 4.91. The summed E-state index contributed by atoms with van der Waals surface area (Å²) in [7, 11) is 3.86. The summed E-state index contributed by atoms with van der Waals surface area (Å²) in [6.07, 6.45) is 5.27. The van der Waals surface area contributed by atoms with Gasteiger partial charge in [-0.25, -0.2) is 14.2 Å². The lowest BCUT2D eigenvalue weighted by atomic mass is 10.2. The Morgan fingerprint density at radius 2 is 1.93 bits per heavy atom. The van der Waals surface area contributed by atoms with Crippen molar-refractivity contribution in [1.29, 1.82) is 0 Å². The number of hydrogen-bond donors (Lipinski definition) is 1. The third-order valence-electron chi connectivity index (χ3n) is 4.91. The van der Waals surface area contributed by atoms with Crippen molar-refractivity contribution in [1.82, 2.24) is 20.0 Å². The Morgan fingerprint density at radius 3 is 2.63 bits per heavy atom. The summed E-state index contributed by atoms with van der Waals surface area (Å²) in [6, 6.07) is 12.1. The Bertz CT molecular complexity index is 1140. The summed E-state index contributed by atoms with van der Waals surface area (Å²) in [6.45, 7) is 0.261. The van der Waals surface area contributed by atoms with Crippen LogP contribution in [0.2, 0.25) is 0 Å². The van der Waals surface area contributed by atoms with Crippen LogP contribution in [0.5, 0.6) is 0 Å². The molecule has 2 heterocycles. The molecule has 6 nitrogen and oxygen atoms in total. The highest BCUT2D eigenvalue weighted by Crippen LogP contribution is 2.23. The number of amides is 1. The molecule has 0 fully saturated rings. The highest BCUT2D eigenvalue weighted by atomic mass is 19.1. The highest BCUT2D eigenvalue weighted by Gasteiger charge is 2.19. The number of hydrogen-bond acceptors (Lipinski definition) is 4. The van der Waals surface area contributed by atoms with Gasteiger partial charge in [0.1, 0.15) is 17.3 Å². The Kier molecular flexibility index (Phi) is 5.33. The van der Waals surface area contributed by atoms with Crippen molar-refractivity contribution in [2.24, 2.45) is 5.10 Å². The Hall–Kier alpha value is -3.52. The van der Waals surface area contributed by atoms with Crippen LogP contribution in [0.15, 0.2) is 65.9 Å². The van der Waals surface area contributed by atoms with E-state index in [1.54, 1.807) is 41.2 Å². The number of fused-ring (bicyclic) bond motifs is 1. The molecule has 1 atom stereocenters. The minimum Gasteiger partial charge on any atom is -0.332 e. The fraction of sp³-hybridized carbons (Fsp3) is 0.182. The Morgan fingerprint density at radius 1 is 1.13 bits per heavy atom. The smallest absolute Gasteiger partial charge is 0.288 e. The molecule has 0 saturated heterocycles. The van der Waals surface area contributed by atoms with Gasteiger partial charge in [-0.15, -0.1) is 0 Å². The van der Waals surface area contributed by atoms with Crippen molar-refractivity contribution in [2.75, 3.05) is 14.1 Å². The maximum atomic E-state index is 13.7. The Balaban J connectivity index is 1.65. The van der Waals surface area contributed by atoms with Crippen molar-refractivity contribution in [2.45, 2.75) is 12.6 Å². The van der Waals surface area contributed by atoms with Crippen molar-refractivity contribution in [3.05, 3.63) is 83.7 Å². The van der Waals surface area contributed by atoms with Gasteiger partial charge in [0, 0.05) is 29.9 Å². The molecule has 0 aliphatic carbocycles. The van der Waals surface area contributed by atoms with Crippen molar-refractivity contribution < 1.29 is 13.6 Å². The number of carbonyl (C=O) groups is 1. The van der Waals surface area contributed by atoms with Crippen LogP contribution in [0.3, 0.4) is 0 Å². The van der Waals surface area contributed by atoms with Crippen LogP contribution >= 0.6 is 0 Å². The number of rotatable bonds is 5. The standard InChI is InChI=1S/C22H21F2N5O/c1-27(2)19-8-9-29(25-13-19)26-22(30)21-12-16-11-18(24)6-7-20(16)28(21)14-15-4-3-5-17(23)10-15/h3-13,19H,14H2,1-2H3,(H,26,30). The van der Waals surface area contributed by atoms with Crippen LogP contribution in [-0.4, -0.2) is 46.8 Å². The molecule has 1 amide bonds. The average Bonchev–Trinajstić information content (AvgIpc) is 3.06. The lowest BCUT2D eigenvalue weighted by molar-refractivity contribution is 0.0843. The first-order valence-corrected chi connectivity index (χ1v) is 9.43. The predicted octanol–water partition coefficient (Wildman–Crippen LogP) is 3.36. The van der Waals surface area contributed by atoms with E-state index >= 15 is 0 Å². The predicted molar refractivity (Wildman–Crippen MR) is 112 cm³/mol. The van der Waals surface area contributed by atoms with Gasteiger partial charge in [0.15, 0.2) is 0 Å². The van der Waals surface area contributed by atoms with Crippen LogP contribution < -0.4 is 5.43 Å². The van der Waals surface area contributed by atoms with E-state index in [0.29, 0.717) is 22.2 Å². The molecule has 1 N–H and O–H groups in total. The van der Waals surface area contributed by atoms with Crippen LogP contribution in [0.25, 0.3) is 10.9 Å². The van der Waals surface area contributed by atoms with E-state index in [-0.39, 0.29) is 18.4 Å². The zero-order valence-electron chi connectivity index (χ0n) is 16.6. The summed E-state index contributed by atoms with van der Waals surface area (Å²) in [5.41, 5.74) is 4.40. The maximum absolute atomic E-state index is 13.7. The number of likely N-dealkylation sites (N-methyl/N-ethyl adjacent to an activating group) is 1. The van der Waals surface area contributed by atoms with E-state index in [1.165, 1.54) is 29.4 Å². The van der Waals surface area contributed by atoms with Gasteiger partial charge in [-0.3, -0.25) is 9.69 Å². The monoisotopic (exact) mass is 409 g/mol. The van der Waals surface area contributed by atoms with Gasteiger partial charge >= 0.3 is 0 Å². The number of nitrogens with zero attached hydrogens (tertiary/aromatic N) is 4. The lowest BCUT2D eigenvalue weighted by Crippen LogP contribution is -2.40. The summed E-state index contributed by atoms with van der Waals surface area (Å²) in [5, 5.41) is 6.13.